The van der Waals surface area contributed by atoms with Crippen molar-refractivity contribution >= 4 is 22.5 Å². The fourth-order valence-corrected chi connectivity index (χ4v) is 3.82. The minimum atomic E-state index is -0.239. The Morgan fingerprint density at radius 3 is 2.96 bits per heavy atom. The van der Waals surface area contributed by atoms with Crippen LogP contribution in [0.25, 0.3) is 10.4 Å². The smallest absolute Gasteiger partial charge is 0.321 e. The number of thiazole rings is 1. The van der Waals surface area contributed by atoms with Gasteiger partial charge in [-0.05, 0) is 43.2 Å². The lowest BCUT2D eigenvalue weighted by Gasteiger charge is -2.10. The number of hydrogen-bond donors (Lipinski definition) is 3. The van der Waals surface area contributed by atoms with Crippen LogP contribution in [0, 0.1) is 12.8 Å². The lowest BCUT2D eigenvalue weighted by molar-refractivity contribution is 0.177. The Morgan fingerprint density at radius 1 is 1.39 bits per heavy atom. The van der Waals surface area contributed by atoms with E-state index in [-0.39, 0.29) is 12.1 Å². The molecule has 3 rings (SSSR count). The number of hydrogen-bond acceptors (Lipinski definition) is 4. The summed E-state index contributed by atoms with van der Waals surface area (Å²) in [5, 5.41) is 15.7. The number of aromatic nitrogens is 1. The minimum absolute atomic E-state index is 0.208. The van der Waals surface area contributed by atoms with Gasteiger partial charge < -0.3 is 10.4 Å². The van der Waals surface area contributed by atoms with Gasteiger partial charge in [-0.2, -0.15) is 0 Å². The molecule has 1 aromatic heterocycles. The third kappa shape index (κ3) is 4.09. The van der Waals surface area contributed by atoms with Gasteiger partial charge in [0.2, 0.25) is 0 Å². The monoisotopic (exact) mass is 331 g/mol. The third-order valence-electron chi connectivity index (χ3n) is 4.20. The van der Waals surface area contributed by atoms with Crippen LogP contribution in [0.5, 0.6) is 0 Å². The van der Waals surface area contributed by atoms with Gasteiger partial charge in [0.15, 0.2) is 5.13 Å². The molecule has 1 aliphatic rings. The van der Waals surface area contributed by atoms with Crippen LogP contribution in [-0.2, 0) is 0 Å². The molecule has 0 saturated heterocycles. The van der Waals surface area contributed by atoms with Crippen molar-refractivity contribution in [1.29, 1.82) is 0 Å². The van der Waals surface area contributed by atoms with Gasteiger partial charge in [0.05, 0.1) is 11.0 Å². The Morgan fingerprint density at radius 2 is 2.22 bits per heavy atom. The first-order valence-corrected chi connectivity index (χ1v) is 8.68. The molecule has 1 fully saturated rings. The summed E-state index contributed by atoms with van der Waals surface area (Å²) in [6.07, 6.45) is 4.15. The summed E-state index contributed by atoms with van der Waals surface area (Å²) in [6, 6.07) is 7.88. The molecule has 2 atom stereocenters. The maximum Gasteiger partial charge on any atom is 0.321 e. The van der Waals surface area contributed by atoms with Crippen molar-refractivity contribution in [3.05, 3.63) is 36.0 Å². The zero-order chi connectivity index (χ0) is 16.2. The van der Waals surface area contributed by atoms with Crippen molar-refractivity contribution in [3.63, 3.8) is 0 Å². The van der Waals surface area contributed by atoms with E-state index in [1.165, 1.54) is 16.9 Å². The van der Waals surface area contributed by atoms with Gasteiger partial charge in [-0.25, -0.2) is 9.78 Å². The molecule has 0 radical (unpaired) electrons. The highest BCUT2D eigenvalue weighted by atomic mass is 32.1. The topological polar surface area (TPSA) is 74.2 Å². The largest absolute Gasteiger partial charge is 0.393 e. The van der Waals surface area contributed by atoms with Gasteiger partial charge in [-0.3, -0.25) is 5.32 Å². The van der Waals surface area contributed by atoms with Crippen LogP contribution in [0.15, 0.2) is 30.5 Å². The van der Waals surface area contributed by atoms with Gasteiger partial charge in [0, 0.05) is 12.7 Å². The SMILES string of the molecule is Cc1ccccc1-c1cnc(NC(=O)NC[C@H]2CC[C@H](O)C2)s1. The van der Waals surface area contributed by atoms with Gasteiger partial charge in [0.25, 0.3) is 0 Å². The highest BCUT2D eigenvalue weighted by molar-refractivity contribution is 7.19. The van der Waals surface area contributed by atoms with Crippen molar-refractivity contribution in [3.8, 4) is 10.4 Å². The minimum Gasteiger partial charge on any atom is -0.393 e. The average Bonchev–Trinajstić information content (AvgIpc) is 3.15. The Balaban J connectivity index is 1.54. The van der Waals surface area contributed by atoms with Gasteiger partial charge >= 0.3 is 6.03 Å². The molecule has 1 aromatic carbocycles. The molecule has 1 saturated carbocycles. The zero-order valence-corrected chi connectivity index (χ0v) is 13.9. The van der Waals surface area contributed by atoms with Crippen LogP contribution in [0.4, 0.5) is 9.93 Å². The van der Waals surface area contributed by atoms with E-state index in [0.29, 0.717) is 17.6 Å². The maximum atomic E-state index is 11.9. The summed E-state index contributed by atoms with van der Waals surface area (Å²) in [7, 11) is 0. The Hall–Kier alpha value is -1.92. The van der Waals surface area contributed by atoms with Crippen LogP contribution in [-0.4, -0.2) is 28.8 Å². The number of amides is 2. The molecule has 1 heterocycles. The zero-order valence-electron chi connectivity index (χ0n) is 13.1. The Kier molecular flexibility index (Phi) is 4.93. The Bertz CT molecular complexity index is 686. The molecule has 2 amide bonds. The van der Waals surface area contributed by atoms with Gasteiger partial charge in [-0.15, -0.1) is 0 Å². The molecule has 3 N–H and O–H groups in total. The molecule has 0 aliphatic heterocycles. The van der Waals surface area contributed by atoms with Crippen molar-refractivity contribution < 1.29 is 9.90 Å². The number of nitrogens with one attached hydrogen (secondary N) is 2. The standard InChI is InChI=1S/C17H21N3O2S/c1-11-4-2-3-5-14(11)15-10-19-17(23-15)20-16(22)18-9-12-6-7-13(21)8-12/h2-5,10,12-13,21H,6-9H2,1H3,(H2,18,19,20,22)/t12-,13-/m0/s1. The Labute approximate surface area is 139 Å². The molecule has 2 aromatic rings. The molecule has 1 aliphatic carbocycles. The summed E-state index contributed by atoms with van der Waals surface area (Å²) in [5.41, 5.74) is 2.32. The lowest BCUT2D eigenvalue weighted by atomic mass is 10.1. The first-order valence-electron chi connectivity index (χ1n) is 7.86. The van der Waals surface area contributed by atoms with E-state index in [1.807, 2.05) is 12.1 Å². The van der Waals surface area contributed by atoms with E-state index in [1.54, 1.807) is 6.20 Å². The number of aliphatic hydroxyl groups excluding tert-OH is 1. The quantitative estimate of drug-likeness (QED) is 0.804. The molecular weight excluding hydrogens is 310 g/mol. The predicted octanol–water partition coefficient (Wildman–Crippen LogP) is 3.40. The highest BCUT2D eigenvalue weighted by Crippen LogP contribution is 2.31. The second kappa shape index (κ2) is 7.10. The van der Waals surface area contributed by atoms with E-state index in [9.17, 15) is 9.90 Å². The lowest BCUT2D eigenvalue weighted by Crippen LogP contribution is -2.32. The fraction of sp³-hybridized carbons (Fsp3) is 0.412. The predicted molar refractivity (Wildman–Crippen MR) is 92.7 cm³/mol. The molecule has 6 heteroatoms. The summed E-state index contributed by atoms with van der Waals surface area (Å²) in [6.45, 7) is 2.66. The number of rotatable bonds is 4. The second-order valence-electron chi connectivity index (χ2n) is 6.01. The number of nitrogens with zero attached hydrogens (tertiary/aromatic N) is 1. The molecule has 23 heavy (non-hydrogen) atoms. The van der Waals surface area contributed by atoms with Crippen molar-refractivity contribution in [2.75, 3.05) is 11.9 Å². The number of anilines is 1. The number of benzene rings is 1. The summed E-state index contributed by atoms with van der Waals surface area (Å²) in [5.74, 6) is 0.370. The van der Waals surface area contributed by atoms with E-state index >= 15 is 0 Å². The van der Waals surface area contributed by atoms with E-state index in [0.717, 1.165) is 29.7 Å². The van der Waals surface area contributed by atoms with Crippen LogP contribution in [0.1, 0.15) is 24.8 Å². The average molecular weight is 331 g/mol. The van der Waals surface area contributed by atoms with Crippen LogP contribution < -0.4 is 10.6 Å². The molecule has 122 valence electrons. The van der Waals surface area contributed by atoms with E-state index in [4.69, 9.17) is 0 Å². The van der Waals surface area contributed by atoms with Crippen molar-refractivity contribution in [2.45, 2.75) is 32.3 Å². The number of urea groups is 1. The molecule has 0 unspecified atom stereocenters. The number of carbonyl (C=O) groups excluding carboxylic acids is 1. The third-order valence-corrected chi connectivity index (χ3v) is 5.15. The van der Waals surface area contributed by atoms with E-state index < -0.39 is 0 Å². The summed E-state index contributed by atoms with van der Waals surface area (Å²) < 4.78 is 0. The van der Waals surface area contributed by atoms with Crippen LogP contribution in [0.3, 0.4) is 0 Å². The second-order valence-corrected chi connectivity index (χ2v) is 7.04. The molecule has 0 spiro atoms. The molecular formula is C17H21N3O2S. The van der Waals surface area contributed by atoms with Crippen LogP contribution >= 0.6 is 11.3 Å². The van der Waals surface area contributed by atoms with Gasteiger partial charge in [0.1, 0.15) is 0 Å². The molecule has 5 nitrogen and oxygen atoms in total. The molecule has 0 bridgehead atoms. The van der Waals surface area contributed by atoms with Gasteiger partial charge in [-0.1, -0.05) is 35.6 Å². The number of aryl methyl sites for hydroxylation is 1. The number of carbonyl (C=O) groups is 1. The first-order chi connectivity index (χ1) is 11.1. The van der Waals surface area contributed by atoms with Crippen molar-refractivity contribution in [2.24, 2.45) is 5.92 Å². The summed E-state index contributed by atoms with van der Waals surface area (Å²) >= 11 is 1.46. The highest BCUT2D eigenvalue weighted by Gasteiger charge is 2.23. The maximum absolute atomic E-state index is 11.9. The normalized spacial score (nSPS) is 20.4. The first kappa shape index (κ1) is 16.0. The fourth-order valence-electron chi connectivity index (χ4n) is 2.92. The summed E-state index contributed by atoms with van der Waals surface area (Å²) in [4.78, 5) is 17.3. The van der Waals surface area contributed by atoms with E-state index in [2.05, 4.69) is 34.7 Å². The van der Waals surface area contributed by atoms with Crippen LogP contribution in [0.2, 0.25) is 0 Å². The number of aliphatic hydroxyl groups is 1. The van der Waals surface area contributed by atoms with Crippen molar-refractivity contribution in [1.82, 2.24) is 10.3 Å².